The minimum Gasteiger partial charge on any atom is -0.545 e. The number of carboxylic acids is 1. The highest BCUT2D eigenvalue weighted by Gasteiger charge is 2.58. The van der Waals surface area contributed by atoms with Gasteiger partial charge in [0.25, 0.3) is 0 Å². The highest BCUT2D eigenvalue weighted by Crippen LogP contribution is 2.55. The van der Waals surface area contributed by atoms with Crippen LogP contribution in [0.3, 0.4) is 0 Å². The van der Waals surface area contributed by atoms with Crippen LogP contribution in [0.4, 0.5) is 0 Å². The van der Waals surface area contributed by atoms with Gasteiger partial charge in [0, 0.05) is 29.7 Å². The molecule has 0 radical (unpaired) electrons. The quantitative estimate of drug-likeness (QED) is 0.551. The smallest absolute Gasteiger partial charge is 0.248 e. The lowest BCUT2D eigenvalue weighted by Gasteiger charge is -2.59. The SMILES string of the molecule is C[N+]1(C)CC[C@]23CC(O)C=CC2[C@H]1Cc1ccc(C(N)=O)cc13.O=C([O-])c1ccccc1. The van der Waals surface area contributed by atoms with Crippen LogP contribution in [0.5, 0.6) is 0 Å². The Hall–Kier alpha value is -2.96. The number of rotatable bonds is 2. The van der Waals surface area contributed by atoms with Crippen LogP contribution in [0.2, 0.25) is 0 Å². The molecular formula is C26H30N2O4. The number of piperidine rings is 1. The van der Waals surface area contributed by atoms with Crippen LogP contribution in [0, 0.1) is 5.92 Å². The van der Waals surface area contributed by atoms with E-state index in [-0.39, 0.29) is 16.9 Å². The third-order valence-electron chi connectivity index (χ3n) is 7.57. The van der Waals surface area contributed by atoms with Crippen molar-refractivity contribution in [2.75, 3.05) is 20.6 Å². The third kappa shape index (κ3) is 3.85. The van der Waals surface area contributed by atoms with Crippen molar-refractivity contribution in [2.45, 2.75) is 36.8 Å². The molecule has 2 aromatic carbocycles. The van der Waals surface area contributed by atoms with Crippen molar-refractivity contribution >= 4 is 11.9 Å². The molecule has 168 valence electrons. The van der Waals surface area contributed by atoms with Gasteiger partial charge in [-0.3, -0.25) is 4.79 Å². The number of benzene rings is 2. The molecule has 2 aromatic rings. The van der Waals surface area contributed by atoms with E-state index in [1.54, 1.807) is 18.2 Å². The fraction of sp³-hybridized carbons (Fsp3) is 0.385. The van der Waals surface area contributed by atoms with Crippen molar-refractivity contribution in [1.29, 1.82) is 0 Å². The first kappa shape index (κ1) is 22.2. The van der Waals surface area contributed by atoms with Gasteiger partial charge in [-0.1, -0.05) is 48.6 Å². The Bertz CT molecular complexity index is 1060. The molecule has 3 aliphatic rings. The summed E-state index contributed by atoms with van der Waals surface area (Å²) in [5.74, 6) is -1.08. The lowest BCUT2D eigenvalue weighted by atomic mass is 9.53. The first-order valence-corrected chi connectivity index (χ1v) is 11.0. The van der Waals surface area contributed by atoms with E-state index in [1.165, 1.54) is 23.3 Å². The lowest BCUT2D eigenvalue weighted by Crippen LogP contribution is -2.67. The number of carbonyl (C=O) groups excluding carboxylic acids is 2. The Balaban J connectivity index is 0.000000230. The number of carboxylic acid groups (broad SMARTS) is 1. The van der Waals surface area contributed by atoms with E-state index in [0.29, 0.717) is 17.5 Å². The van der Waals surface area contributed by atoms with Gasteiger partial charge in [-0.05, 0) is 35.2 Å². The van der Waals surface area contributed by atoms with Crippen molar-refractivity contribution in [2.24, 2.45) is 11.7 Å². The van der Waals surface area contributed by atoms with E-state index in [2.05, 4.69) is 26.2 Å². The highest BCUT2D eigenvalue weighted by molar-refractivity contribution is 5.93. The van der Waals surface area contributed by atoms with E-state index in [1.807, 2.05) is 18.2 Å². The summed E-state index contributed by atoms with van der Waals surface area (Å²) >= 11 is 0. The summed E-state index contributed by atoms with van der Waals surface area (Å²) in [4.78, 5) is 21.7. The summed E-state index contributed by atoms with van der Waals surface area (Å²) in [5, 5.41) is 20.4. The van der Waals surface area contributed by atoms with Crippen molar-refractivity contribution in [3.05, 3.63) is 82.9 Å². The normalized spacial score (nSPS) is 29.0. The molecule has 0 aromatic heterocycles. The number of primary amides is 1. The molecule has 1 fully saturated rings. The maximum Gasteiger partial charge on any atom is 0.248 e. The van der Waals surface area contributed by atoms with Crippen LogP contribution in [0.1, 0.15) is 44.7 Å². The molecule has 3 N–H and O–H groups in total. The van der Waals surface area contributed by atoms with Crippen molar-refractivity contribution in [1.82, 2.24) is 0 Å². The molecule has 2 unspecified atom stereocenters. The number of likely N-dealkylation sites (N-methyl/N-ethyl adjacent to an activating group) is 1. The Morgan fingerprint density at radius 3 is 2.44 bits per heavy atom. The number of fused-ring (bicyclic) bond motifs is 1. The minimum atomic E-state index is -1.13. The van der Waals surface area contributed by atoms with E-state index in [4.69, 9.17) is 5.73 Å². The summed E-state index contributed by atoms with van der Waals surface area (Å²) in [6.07, 6.45) is 6.61. The lowest BCUT2D eigenvalue weighted by molar-refractivity contribution is -0.926. The molecule has 0 saturated carbocycles. The molecule has 2 bridgehead atoms. The Morgan fingerprint density at radius 2 is 1.81 bits per heavy atom. The maximum atomic E-state index is 11.6. The number of hydrogen-bond acceptors (Lipinski definition) is 4. The highest BCUT2D eigenvalue weighted by atomic mass is 16.4. The number of aliphatic hydroxyl groups excluding tert-OH is 1. The number of nitrogens with two attached hydrogens (primary N) is 1. The number of aromatic carboxylic acids is 1. The van der Waals surface area contributed by atoms with Crippen molar-refractivity contribution < 1.29 is 24.3 Å². The van der Waals surface area contributed by atoms with Crippen molar-refractivity contribution in [3.8, 4) is 0 Å². The summed E-state index contributed by atoms with van der Waals surface area (Å²) in [6, 6.07) is 14.5. The molecule has 5 rings (SSSR count). The molecule has 4 atom stereocenters. The number of amides is 1. The van der Waals surface area contributed by atoms with Crippen LogP contribution >= 0.6 is 0 Å². The Morgan fingerprint density at radius 1 is 1.09 bits per heavy atom. The van der Waals surface area contributed by atoms with E-state index >= 15 is 0 Å². The van der Waals surface area contributed by atoms with Crippen LogP contribution in [0.15, 0.2) is 60.7 Å². The third-order valence-corrected chi connectivity index (χ3v) is 7.57. The fourth-order valence-electron chi connectivity index (χ4n) is 5.83. The molecule has 2 aliphatic carbocycles. The summed E-state index contributed by atoms with van der Waals surface area (Å²) in [6.45, 7) is 1.10. The molecule has 32 heavy (non-hydrogen) atoms. The van der Waals surface area contributed by atoms with Crippen LogP contribution in [-0.4, -0.2) is 54.3 Å². The zero-order valence-corrected chi connectivity index (χ0v) is 18.5. The summed E-state index contributed by atoms with van der Waals surface area (Å²) < 4.78 is 1.02. The fourth-order valence-corrected chi connectivity index (χ4v) is 5.83. The predicted molar refractivity (Wildman–Crippen MR) is 120 cm³/mol. The molecule has 1 aliphatic heterocycles. The van der Waals surface area contributed by atoms with Gasteiger partial charge in [-0.15, -0.1) is 0 Å². The second-order valence-corrected chi connectivity index (χ2v) is 9.75. The molecular weight excluding hydrogens is 404 g/mol. The Labute approximate surface area is 188 Å². The minimum absolute atomic E-state index is 0.0500. The number of hydrogen-bond donors (Lipinski definition) is 2. The van der Waals surface area contributed by atoms with E-state index in [0.717, 1.165) is 30.3 Å². The average Bonchev–Trinajstić information content (AvgIpc) is 2.77. The molecule has 1 heterocycles. The number of carbonyl (C=O) groups is 2. The van der Waals surface area contributed by atoms with Gasteiger partial charge >= 0.3 is 0 Å². The second-order valence-electron chi connectivity index (χ2n) is 9.75. The maximum absolute atomic E-state index is 11.6. The number of nitrogens with zero attached hydrogens (tertiary/aromatic N) is 1. The standard InChI is InChI=1S/C19H24N2O2.C7H6O2/c1-21(2)8-7-19-11-14(22)5-6-15(19)17(21)10-12-3-4-13(18(20)23)9-16(12)19;8-7(9)6-4-2-1-3-5-6/h3-6,9,14-15,17,22H,7-8,10-11H2,1-2H3,(H-,20,23);1-5H,(H,8,9)/t14?,15?,17-,19+;/m1./s1. The summed E-state index contributed by atoms with van der Waals surface area (Å²) in [5.41, 5.74) is 8.83. The van der Waals surface area contributed by atoms with Crippen LogP contribution in [-0.2, 0) is 11.8 Å². The second kappa shape index (κ2) is 8.19. The molecule has 6 heteroatoms. The van der Waals surface area contributed by atoms with Crippen LogP contribution in [0.25, 0.3) is 0 Å². The largest absolute Gasteiger partial charge is 0.545 e. The molecule has 1 amide bonds. The van der Waals surface area contributed by atoms with Gasteiger partial charge in [0.15, 0.2) is 0 Å². The number of quaternary nitrogens is 1. The van der Waals surface area contributed by atoms with Gasteiger partial charge in [0.2, 0.25) is 5.91 Å². The van der Waals surface area contributed by atoms with Gasteiger partial charge in [-0.25, -0.2) is 0 Å². The molecule has 0 spiro atoms. The van der Waals surface area contributed by atoms with Gasteiger partial charge in [0.1, 0.15) is 0 Å². The topological polar surface area (TPSA) is 103 Å². The van der Waals surface area contributed by atoms with Gasteiger partial charge in [-0.2, -0.15) is 0 Å². The average molecular weight is 435 g/mol. The van der Waals surface area contributed by atoms with E-state index < -0.39 is 12.1 Å². The molecule has 6 nitrogen and oxygen atoms in total. The van der Waals surface area contributed by atoms with Crippen LogP contribution < -0.4 is 10.8 Å². The Kier molecular flexibility index (Phi) is 5.69. The van der Waals surface area contributed by atoms with E-state index in [9.17, 15) is 19.8 Å². The van der Waals surface area contributed by atoms with Gasteiger partial charge in [0.05, 0.1) is 38.8 Å². The van der Waals surface area contributed by atoms with Gasteiger partial charge < -0.3 is 25.2 Å². The number of likely N-dealkylation sites (tertiary alicyclic amines) is 1. The number of aliphatic hydroxyl groups is 1. The zero-order chi connectivity index (χ0) is 23.1. The molecule has 1 saturated heterocycles. The first-order valence-electron chi connectivity index (χ1n) is 11.0. The predicted octanol–water partition coefficient (Wildman–Crippen LogP) is 1.42. The summed E-state index contributed by atoms with van der Waals surface area (Å²) in [7, 11) is 4.63. The van der Waals surface area contributed by atoms with Crippen molar-refractivity contribution in [3.63, 3.8) is 0 Å². The zero-order valence-electron chi connectivity index (χ0n) is 18.5. The first-order chi connectivity index (χ1) is 15.1. The monoisotopic (exact) mass is 434 g/mol.